The van der Waals surface area contributed by atoms with Gasteiger partial charge in [-0.25, -0.2) is 0 Å². The number of amides is 1. The van der Waals surface area contributed by atoms with Crippen LogP contribution in [0.2, 0.25) is 0 Å². The van der Waals surface area contributed by atoms with Crippen LogP contribution in [0, 0.1) is 0 Å². The van der Waals surface area contributed by atoms with Gasteiger partial charge in [-0.2, -0.15) is 4.98 Å². The standard InChI is InChI=1S/C20H26N4O5/c25-15-12-20(28-13-16(15)26)6-10-24(11-7-20)18(27)3-1-2-17-22-19(23-29-17)14-4-8-21-9-5-14/h4-5,8-9,15-16,25-26H,1-3,6-7,10-13H2/t15-,16+/m1/s1. The molecule has 2 N–H and O–H groups in total. The van der Waals surface area contributed by atoms with Gasteiger partial charge in [0, 0.05) is 50.3 Å². The number of ether oxygens (including phenoxy) is 1. The van der Waals surface area contributed by atoms with Gasteiger partial charge in [0.2, 0.25) is 17.6 Å². The molecular formula is C20H26N4O5. The average Bonchev–Trinajstić information content (AvgIpc) is 3.21. The number of carbonyl (C=O) groups is 1. The maximum absolute atomic E-state index is 12.5. The summed E-state index contributed by atoms with van der Waals surface area (Å²) in [6, 6.07) is 3.63. The van der Waals surface area contributed by atoms with E-state index in [0.717, 1.165) is 5.56 Å². The van der Waals surface area contributed by atoms with Crippen LogP contribution in [-0.2, 0) is 16.0 Å². The molecule has 0 aromatic carbocycles. The van der Waals surface area contributed by atoms with Crippen molar-refractivity contribution in [3.63, 3.8) is 0 Å². The second kappa shape index (κ2) is 8.56. The van der Waals surface area contributed by atoms with E-state index in [4.69, 9.17) is 9.26 Å². The molecule has 9 nitrogen and oxygen atoms in total. The van der Waals surface area contributed by atoms with Crippen LogP contribution >= 0.6 is 0 Å². The number of aliphatic hydroxyl groups is 2. The highest BCUT2D eigenvalue weighted by Gasteiger charge is 2.43. The van der Waals surface area contributed by atoms with Crippen molar-refractivity contribution in [2.45, 2.75) is 56.3 Å². The van der Waals surface area contributed by atoms with E-state index in [-0.39, 0.29) is 12.5 Å². The first-order valence-corrected chi connectivity index (χ1v) is 10.1. The molecule has 2 aromatic heterocycles. The topological polar surface area (TPSA) is 122 Å². The molecule has 2 aliphatic rings. The first-order chi connectivity index (χ1) is 14.0. The van der Waals surface area contributed by atoms with Gasteiger partial charge in [0.05, 0.1) is 18.3 Å². The number of aliphatic hydroxyl groups excluding tert-OH is 2. The summed E-state index contributed by atoms with van der Waals surface area (Å²) in [6.07, 6.45) is 5.18. The molecule has 2 fully saturated rings. The minimum Gasteiger partial charge on any atom is -0.390 e. The summed E-state index contributed by atoms with van der Waals surface area (Å²) in [5.41, 5.74) is 0.429. The number of pyridine rings is 1. The zero-order chi connectivity index (χ0) is 20.3. The maximum Gasteiger partial charge on any atom is 0.226 e. The van der Waals surface area contributed by atoms with Crippen molar-refractivity contribution in [3.8, 4) is 11.4 Å². The fourth-order valence-corrected chi connectivity index (χ4v) is 3.99. The van der Waals surface area contributed by atoms with Crippen LogP contribution in [0.5, 0.6) is 0 Å². The number of likely N-dealkylation sites (tertiary alicyclic amines) is 1. The van der Waals surface area contributed by atoms with E-state index in [0.29, 0.717) is 63.3 Å². The molecule has 0 radical (unpaired) electrons. The van der Waals surface area contributed by atoms with Crippen molar-refractivity contribution in [3.05, 3.63) is 30.4 Å². The van der Waals surface area contributed by atoms with Crippen molar-refractivity contribution in [1.82, 2.24) is 20.0 Å². The Bertz CT molecular complexity index is 819. The van der Waals surface area contributed by atoms with Crippen molar-refractivity contribution in [2.24, 2.45) is 0 Å². The molecule has 0 saturated carbocycles. The summed E-state index contributed by atoms with van der Waals surface area (Å²) in [6.45, 7) is 1.36. The molecule has 0 bridgehead atoms. The molecule has 2 aliphatic heterocycles. The Balaban J connectivity index is 1.22. The quantitative estimate of drug-likeness (QED) is 0.758. The molecule has 2 saturated heterocycles. The van der Waals surface area contributed by atoms with Crippen molar-refractivity contribution in [2.75, 3.05) is 19.7 Å². The van der Waals surface area contributed by atoms with Crippen LogP contribution in [0.25, 0.3) is 11.4 Å². The molecule has 29 heavy (non-hydrogen) atoms. The van der Waals surface area contributed by atoms with Gasteiger partial charge < -0.3 is 24.4 Å². The third-order valence-electron chi connectivity index (χ3n) is 5.80. The summed E-state index contributed by atoms with van der Waals surface area (Å²) in [5, 5.41) is 23.5. The molecule has 4 rings (SSSR count). The molecule has 1 spiro atoms. The van der Waals surface area contributed by atoms with Crippen LogP contribution in [0.1, 0.15) is 38.0 Å². The summed E-state index contributed by atoms with van der Waals surface area (Å²) < 4.78 is 11.1. The van der Waals surface area contributed by atoms with E-state index in [1.165, 1.54) is 0 Å². The molecule has 0 aliphatic carbocycles. The zero-order valence-corrected chi connectivity index (χ0v) is 16.2. The summed E-state index contributed by atoms with van der Waals surface area (Å²) >= 11 is 0. The molecule has 2 atom stereocenters. The number of aromatic nitrogens is 3. The van der Waals surface area contributed by atoms with Crippen molar-refractivity contribution >= 4 is 5.91 Å². The predicted octanol–water partition coefficient (Wildman–Crippen LogP) is 0.958. The predicted molar refractivity (Wildman–Crippen MR) is 102 cm³/mol. The van der Waals surface area contributed by atoms with E-state index in [1.807, 2.05) is 17.0 Å². The van der Waals surface area contributed by atoms with Gasteiger partial charge in [-0.3, -0.25) is 9.78 Å². The molecule has 4 heterocycles. The summed E-state index contributed by atoms with van der Waals surface area (Å²) in [7, 11) is 0. The molecule has 2 aromatic rings. The smallest absolute Gasteiger partial charge is 0.226 e. The molecule has 0 unspecified atom stereocenters. The summed E-state index contributed by atoms with van der Waals surface area (Å²) in [4.78, 5) is 22.7. The van der Waals surface area contributed by atoms with Crippen LogP contribution in [0.3, 0.4) is 0 Å². The first kappa shape index (κ1) is 19.9. The van der Waals surface area contributed by atoms with Crippen molar-refractivity contribution in [1.29, 1.82) is 0 Å². The Morgan fingerprint density at radius 2 is 1.97 bits per heavy atom. The lowest BCUT2D eigenvalue weighted by atomic mass is 9.82. The van der Waals surface area contributed by atoms with E-state index < -0.39 is 17.8 Å². The van der Waals surface area contributed by atoms with Gasteiger partial charge in [-0.1, -0.05) is 5.16 Å². The third kappa shape index (κ3) is 4.63. The first-order valence-electron chi connectivity index (χ1n) is 10.1. The molecule has 9 heteroatoms. The lowest BCUT2D eigenvalue weighted by molar-refractivity contribution is -0.188. The van der Waals surface area contributed by atoms with Crippen LogP contribution in [0.4, 0.5) is 0 Å². The normalized spacial score (nSPS) is 24.0. The van der Waals surface area contributed by atoms with Crippen molar-refractivity contribution < 1.29 is 24.3 Å². The number of nitrogens with zero attached hydrogens (tertiary/aromatic N) is 4. The lowest BCUT2D eigenvalue weighted by Crippen LogP contribution is -2.55. The van der Waals surface area contributed by atoms with Gasteiger partial charge >= 0.3 is 0 Å². The van der Waals surface area contributed by atoms with Crippen LogP contribution in [0.15, 0.2) is 29.0 Å². The van der Waals surface area contributed by atoms with Crippen LogP contribution < -0.4 is 0 Å². The van der Waals surface area contributed by atoms with E-state index in [2.05, 4.69) is 15.1 Å². The number of hydrogen-bond acceptors (Lipinski definition) is 8. The van der Waals surface area contributed by atoms with Crippen LogP contribution in [-0.4, -0.2) is 73.7 Å². The van der Waals surface area contributed by atoms with E-state index >= 15 is 0 Å². The van der Waals surface area contributed by atoms with Gasteiger partial charge in [-0.15, -0.1) is 0 Å². The largest absolute Gasteiger partial charge is 0.390 e. The van der Waals surface area contributed by atoms with E-state index in [9.17, 15) is 15.0 Å². The fraction of sp³-hybridized carbons (Fsp3) is 0.600. The Morgan fingerprint density at radius 1 is 1.21 bits per heavy atom. The zero-order valence-electron chi connectivity index (χ0n) is 16.2. The fourth-order valence-electron chi connectivity index (χ4n) is 3.99. The molecule has 1 amide bonds. The maximum atomic E-state index is 12.5. The second-order valence-electron chi connectivity index (χ2n) is 7.81. The Morgan fingerprint density at radius 3 is 2.69 bits per heavy atom. The number of piperidine rings is 1. The highest BCUT2D eigenvalue weighted by molar-refractivity contribution is 5.76. The number of hydrogen-bond donors (Lipinski definition) is 2. The second-order valence-corrected chi connectivity index (χ2v) is 7.81. The minimum absolute atomic E-state index is 0.102. The Kier molecular flexibility index (Phi) is 5.89. The number of aryl methyl sites for hydroxylation is 1. The van der Waals surface area contributed by atoms with E-state index in [1.54, 1.807) is 12.4 Å². The Labute approximate surface area is 168 Å². The lowest BCUT2D eigenvalue weighted by Gasteiger charge is -2.46. The minimum atomic E-state index is -0.816. The van der Waals surface area contributed by atoms with Gasteiger partial charge in [0.15, 0.2) is 0 Å². The SMILES string of the molecule is O=C(CCCc1nc(-c2ccncc2)no1)N1CCC2(CC1)C[C@@H](O)[C@@H](O)CO2. The summed E-state index contributed by atoms with van der Waals surface area (Å²) in [5.74, 6) is 1.14. The number of carbonyl (C=O) groups excluding carboxylic acids is 1. The highest BCUT2D eigenvalue weighted by atomic mass is 16.5. The number of rotatable bonds is 5. The monoisotopic (exact) mass is 402 g/mol. The average molecular weight is 402 g/mol. The Hall–Kier alpha value is -2.36. The highest BCUT2D eigenvalue weighted by Crippen LogP contribution is 2.35. The third-order valence-corrected chi connectivity index (χ3v) is 5.80. The molecular weight excluding hydrogens is 376 g/mol. The molecule has 156 valence electrons. The van der Waals surface area contributed by atoms with Gasteiger partial charge in [0.25, 0.3) is 0 Å². The van der Waals surface area contributed by atoms with Gasteiger partial charge in [-0.05, 0) is 31.4 Å². The van der Waals surface area contributed by atoms with Gasteiger partial charge in [0.1, 0.15) is 6.10 Å².